The van der Waals surface area contributed by atoms with Crippen molar-refractivity contribution in [1.29, 1.82) is 0 Å². The highest BCUT2D eigenvalue weighted by Crippen LogP contribution is 2.44. The largest absolute Gasteiger partial charge is 0.507 e. The van der Waals surface area contributed by atoms with Gasteiger partial charge in [-0.2, -0.15) is 0 Å². The molecule has 0 saturated carbocycles. The van der Waals surface area contributed by atoms with Gasteiger partial charge < -0.3 is 19.3 Å². The van der Waals surface area contributed by atoms with Gasteiger partial charge in [0.25, 0.3) is 11.7 Å². The average molecular weight is 474 g/mol. The van der Waals surface area contributed by atoms with E-state index in [1.807, 2.05) is 32.0 Å². The van der Waals surface area contributed by atoms with E-state index in [1.165, 1.54) is 19.1 Å². The molecular formula is C28H27NO6. The van der Waals surface area contributed by atoms with Crippen molar-refractivity contribution in [3.05, 3.63) is 88.5 Å². The third kappa shape index (κ3) is 4.21. The minimum Gasteiger partial charge on any atom is -0.507 e. The highest BCUT2D eigenvalue weighted by atomic mass is 16.5. The van der Waals surface area contributed by atoms with Gasteiger partial charge in [-0.15, -0.1) is 0 Å². The Morgan fingerprint density at radius 3 is 2.09 bits per heavy atom. The number of aliphatic hydroxyl groups is 1. The van der Waals surface area contributed by atoms with E-state index in [1.54, 1.807) is 49.6 Å². The number of amides is 1. The highest BCUT2D eigenvalue weighted by molar-refractivity contribution is 6.51. The normalized spacial score (nSPS) is 16.9. The van der Waals surface area contributed by atoms with E-state index in [-0.39, 0.29) is 16.9 Å². The predicted octanol–water partition coefficient (Wildman–Crippen LogP) is 4.96. The van der Waals surface area contributed by atoms with Gasteiger partial charge in [0.05, 0.1) is 38.5 Å². The Bertz CT molecular complexity index is 1330. The molecule has 180 valence electrons. The molecule has 4 rings (SSSR count). The number of ether oxygens (including phenoxy) is 3. The first kappa shape index (κ1) is 23.9. The summed E-state index contributed by atoms with van der Waals surface area (Å²) in [6.07, 6.45) is 0. The van der Waals surface area contributed by atoms with E-state index >= 15 is 0 Å². The number of aryl methyl sites for hydroxylation is 2. The molecule has 35 heavy (non-hydrogen) atoms. The van der Waals surface area contributed by atoms with Crippen LogP contribution in [-0.4, -0.2) is 38.1 Å². The fraction of sp³-hybridized carbons (Fsp3) is 0.214. The van der Waals surface area contributed by atoms with Gasteiger partial charge in [0.15, 0.2) is 0 Å². The smallest absolute Gasteiger partial charge is 0.300 e. The number of benzene rings is 3. The molecule has 0 radical (unpaired) electrons. The van der Waals surface area contributed by atoms with Gasteiger partial charge in [-0.05, 0) is 55.3 Å². The molecule has 0 spiro atoms. The Morgan fingerprint density at radius 2 is 1.49 bits per heavy atom. The number of methoxy groups -OCH3 is 3. The molecule has 0 bridgehead atoms. The zero-order chi connectivity index (χ0) is 25.3. The molecular weight excluding hydrogens is 446 g/mol. The van der Waals surface area contributed by atoms with Gasteiger partial charge in [0.2, 0.25) is 0 Å². The molecule has 3 aromatic carbocycles. The van der Waals surface area contributed by atoms with E-state index in [4.69, 9.17) is 14.2 Å². The SMILES string of the molecule is COc1ccc(C2/C(=C(/O)c3ccc(OC)cc3OC)C(=O)C(=O)N2c2ccc(C)cc2C)cc1. The van der Waals surface area contributed by atoms with Crippen LogP contribution in [0.25, 0.3) is 5.76 Å². The van der Waals surface area contributed by atoms with Crippen molar-refractivity contribution in [2.24, 2.45) is 0 Å². The average Bonchev–Trinajstić information content (AvgIpc) is 3.13. The molecule has 7 nitrogen and oxygen atoms in total. The van der Waals surface area contributed by atoms with Crippen LogP contribution in [0.4, 0.5) is 5.69 Å². The van der Waals surface area contributed by atoms with Crippen LogP contribution in [-0.2, 0) is 9.59 Å². The Hall–Kier alpha value is -4.26. The maximum absolute atomic E-state index is 13.4. The first-order valence-electron chi connectivity index (χ1n) is 11.0. The molecule has 1 N–H and O–H groups in total. The summed E-state index contributed by atoms with van der Waals surface area (Å²) < 4.78 is 16.0. The molecule has 7 heteroatoms. The van der Waals surface area contributed by atoms with Gasteiger partial charge in [-0.25, -0.2) is 0 Å². The van der Waals surface area contributed by atoms with Crippen LogP contribution >= 0.6 is 0 Å². The molecule has 1 heterocycles. The number of anilines is 1. The predicted molar refractivity (Wildman–Crippen MR) is 133 cm³/mol. The van der Waals surface area contributed by atoms with Crippen molar-refractivity contribution in [3.8, 4) is 17.2 Å². The highest BCUT2D eigenvalue weighted by Gasteiger charge is 2.47. The monoisotopic (exact) mass is 473 g/mol. The Labute approximate surface area is 204 Å². The summed E-state index contributed by atoms with van der Waals surface area (Å²) >= 11 is 0. The molecule has 3 aromatic rings. The molecule has 1 amide bonds. The zero-order valence-electron chi connectivity index (χ0n) is 20.3. The van der Waals surface area contributed by atoms with E-state index in [0.29, 0.717) is 28.5 Å². The van der Waals surface area contributed by atoms with Crippen molar-refractivity contribution in [1.82, 2.24) is 0 Å². The second-order valence-corrected chi connectivity index (χ2v) is 8.30. The number of nitrogens with zero attached hydrogens (tertiary/aromatic N) is 1. The fourth-order valence-electron chi connectivity index (χ4n) is 4.40. The van der Waals surface area contributed by atoms with Crippen LogP contribution < -0.4 is 19.1 Å². The molecule has 1 unspecified atom stereocenters. The Kier molecular flexibility index (Phi) is 6.51. The van der Waals surface area contributed by atoms with Crippen LogP contribution in [0.5, 0.6) is 17.2 Å². The summed E-state index contributed by atoms with van der Waals surface area (Å²) in [5.74, 6) is -0.341. The Balaban J connectivity index is 1.97. The summed E-state index contributed by atoms with van der Waals surface area (Å²) in [5.41, 5.74) is 3.38. The van der Waals surface area contributed by atoms with Crippen molar-refractivity contribution in [2.45, 2.75) is 19.9 Å². The van der Waals surface area contributed by atoms with Gasteiger partial charge in [0, 0.05) is 11.8 Å². The summed E-state index contributed by atoms with van der Waals surface area (Å²) in [5, 5.41) is 11.4. The second-order valence-electron chi connectivity index (χ2n) is 8.30. The lowest BCUT2D eigenvalue weighted by molar-refractivity contribution is -0.132. The molecule has 1 aliphatic rings. The van der Waals surface area contributed by atoms with Gasteiger partial charge in [0.1, 0.15) is 23.0 Å². The number of ketones is 1. The quantitative estimate of drug-likeness (QED) is 0.310. The van der Waals surface area contributed by atoms with Crippen molar-refractivity contribution < 1.29 is 28.9 Å². The number of aliphatic hydroxyl groups excluding tert-OH is 1. The minimum atomic E-state index is -0.853. The van der Waals surface area contributed by atoms with Crippen LogP contribution in [0.3, 0.4) is 0 Å². The Morgan fingerprint density at radius 1 is 0.829 bits per heavy atom. The molecule has 1 aliphatic heterocycles. The number of carbonyl (C=O) groups is 2. The summed E-state index contributed by atoms with van der Waals surface area (Å²) in [7, 11) is 4.54. The number of Topliss-reactive ketones (excluding diaryl/α,β-unsaturated/α-hetero) is 1. The maximum atomic E-state index is 13.4. The molecule has 1 saturated heterocycles. The lowest BCUT2D eigenvalue weighted by Crippen LogP contribution is -2.30. The minimum absolute atomic E-state index is 0.0244. The number of hydrogen-bond donors (Lipinski definition) is 1. The third-order valence-corrected chi connectivity index (χ3v) is 6.15. The summed E-state index contributed by atoms with van der Waals surface area (Å²) in [6.45, 7) is 3.85. The molecule has 0 aliphatic carbocycles. The van der Waals surface area contributed by atoms with Crippen LogP contribution in [0.1, 0.15) is 28.3 Å². The van der Waals surface area contributed by atoms with E-state index in [9.17, 15) is 14.7 Å². The standard InChI is InChI=1S/C28H27NO6/c1-16-6-13-22(17(2)14-16)29-25(18-7-9-19(33-3)10-8-18)24(27(31)28(29)32)26(30)21-12-11-20(34-4)15-23(21)35-5/h6-15,25,30H,1-5H3/b26-24-. The lowest BCUT2D eigenvalue weighted by Gasteiger charge is -2.27. The molecule has 1 atom stereocenters. The molecule has 1 fully saturated rings. The van der Waals surface area contributed by atoms with Crippen molar-refractivity contribution in [3.63, 3.8) is 0 Å². The van der Waals surface area contributed by atoms with Gasteiger partial charge >= 0.3 is 0 Å². The van der Waals surface area contributed by atoms with Crippen molar-refractivity contribution >= 4 is 23.1 Å². The molecule has 0 aromatic heterocycles. The lowest BCUT2D eigenvalue weighted by atomic mass is 9.94. The number of carbonyl (C=O) groups excluding carboxylic acids is 2. The van der Waals surface area contributed by atoms with Crippen molar-refractivity contribution in [2.75, 3.05) is 26.2 Å². The van der Waals surface area contributed by atoms with Crippen LogP contribution in [0, 0.1) is 13.8 Å². The zero-order valence-corrected chi connectivity index (χ0v) is 20.3. The summed E-state index contributed by atoms with van der Waals surface area (Å²) in [4.78, 5) is 28.3. The first-order chi connectivity index (χ1) is 16.8. The number of rotatable bonds is 6. The third-order valence-electron chi connectivity index (χ3n) is 6.15. The number of hydrogen-bond acceptors (Lipinski definition) is 6. The van der Waals surface area contributed by atoms with Gasteiger partial charge in [-0.1, -0.05) is 29.8 Å². The van der Waals surface area contributed by atoms with E-state index in [2.05, 4.69) is 0 Å². The summed E-state index contributed by atoms with van der Waals surface area (Å²) in [6, 6.07) is 16.7. The van der Waals surface area contributed by atoms with E-state index < -0.39 is 17.7 Å². The fourth-order valence-corrected chi connectivity index (χ4v) is 4.40. The first-order valence-corrected chi connectivity index (χ1v) is 11.0. The van der Waals surface area contributed by atoms with Crippen LogP contribution in [0.15, 0.2) is 66.2 Å². The van der Waals surface area contributed by atoms with E-state index in [0.717, 1.165) is 11.1 Å². The van der Waals surface area contributed by atoms with Gasteiger partial charge in [-0.3, -0.25) is 14.5 Å². The topological polar surface area (TPSA) is 85.3 Å². The van der Waals surface area contributed by atoms with Crippen LogP contribution in [0.2, 0.25) is 0 Å². The maximum Gasteiger partial charge on any atom is 0.300 e. The second kappa shape index (κ2) is 9.54.